The van der Waals surface area contributed by atoms with E-state index in [2.05, 4.69) is 27.0 Å². The monoisotopic (exact) mass is 709 g/mol. The summed E-state index contributed by atoms with van der Waals surface area (Å²) in [6.45, 7) is 13.7. The van der Waals surface area contributed by atoms with Crippen LogP contribution >= 0.6 is 23.2 Å². The highest BCUT2D eigenvalue weighted by Crippen LogP contribution is 2.33. The number of esters is 1. The number of likely N-dealkylation sites (tertiary alicyclic amines) is 1. The third-order valence-corrected chi connectivity index (χ3v) is 9.43. The number of rotatable bonds is 15. The van der Waals surface area contributed by atoms with Crippen LogP contribution in [0.2, 0.25) is 10.0 Å². The van der Waals surface area contributed by atoms with Gasteiger partial charge in [-0.2, -0.15) is 0 Å². The Balaban J connectivity index is 1.16. The second-order valence-corrected chi connectivity index (χ2v) is 13.3. The number of carbonyl (C=O) groups excluding carboxylic acids is 3. The molecule has 0 saturated carbocycles. The fourth-order valence-electron chi connectivity index (χ4n) is 5.97. The zero-order valence-electron chi connectivity index (χ0n) is 28.7. The lowest BCUT2D eigenvalue weighted by Gasteiger charge is -2.36. The summed E-state index contributed by atoms with van der Waals surface area (Å²) in [4.78, 5) is 43.8. The molecule has 0 unspecified atom stereocenters. The van der Waals surface area contributed by atoms with Crippen molar-refractivity contribution in [1.82, 2.24) is 20.0 Å². The number of nitrogens with zero attached hydrogens (tertiary/aromatic N) is 3. The third-order valence-electron chi connectivity index (χ3n) is 8.83. The van der Waals surface area contributed by atoms with Gasteiger partial charge in [-0.3, -0.25) is 9.69 Å². The van der Waals surface area contributed by atoms with E-state index in [0.29, 0.717) is 66.2 Å². The summed E-state index contributed by atoms with van der Waals surface area (Å²) in [6, 6.07) is 11.1. The van der Waals surface area contributed by atoms with Crippen molar-refractivity contribution in [1.29, 1.82) is 0 Å². The van der Waals surface area contributed by atoms with Gasteiger partial charge in [-0.25, -0.2) is 9.59 Å². The van der Waals surface area contributed by atoms with Crippen LogP contribution in [-0.4, -0.2) is 85.0 Å². The number of amides is 3. The fraction of sp³-hybridized carbons (Fsp3) is 0.447. The van der Waals surface area contributed by atoms with Gasteiger partial charge in [0.15, 0.2) is 0 Å². The number of halogens is 2. The van der Waals surface area contributed by atoms with Crippen LogP contribution < -0.4 is 10.6 Å². The Morgan fingerprint density at radius 2 is 1.53 bits per heavy atom. The van der Waals surface area contributed by atoms with Crippen molar-refractivity contribution in [2.45, 2.75) is 58.9 Å². The number of anilines is 1. The van der Waals surface area contributed by atoms with Gasteiger partial charge in [0.2, 0.25) is 5.91 Å². The zero-order valence-corrected chi connectivity index (χ0v) is 30.3. The molecule has 4 rings (SSSR count). The van der Waals surface area contributed by atoms with Crippen LogP contribution in [-0.2, 0) is 22.5 Å². The maximum absolute atomic E-state index is 13.1. The summed E-state index contributed by atoms with van der Waals surface area (Å²) in [6.07, 6.45) is 11.7. The zero-order chi connectivity index (χ0) is 35.2. The molecular weight excluding hydrogens is 661 g/mol. The van der Waals surface area contributed by atoms with E-state index in [0.717, 1.165) is 56.6 Å². The van der Waals surface area contributed by atoms with Crippen molar-refractivity contribution >= 4 is 46.8 Å². The van der Waals surface area contributed by atoms with Crippen LogP contribution in [0.15, 0.2) is 72.5 Å². The first-order chi connectivity index (χ1) is 23.7. The second-order valence-electron chi connectivity index (χ2n) is 12.5. The molecule has 2 N–H and O–H groups in total. The molecule has 264 valence electrons. The SMILES string of the molecule is C=C/C(=C\C=C(/C)C(=O)NCCCCCc1ccc(C(=O)OCC)cc1)N1CCN(C(=O)Nc2c(Cl)cc(CN3CCCC3)cc2Cl)CC1. The van der Waals surface area contributed by atoms with E-state index in [9.17, 15) is 14.4 Å². The molecule has 2 saturated heterocycles. The summed E-state index contributed by atoms with van der Waals surface area (Å²) in [7, 11) is 0. The van der Waals surface area contributed by atoms with Crippen molar-refractivity contribution in [3.8, 4) is 0 Å². The number of hydrogen-bond acceptors (Lipinski definition) is 6. The molecule has 0 spiro atoms. The molecule has 0 aromatic heterocycles. The summed E-state index contributed by atoms with van der Waals surface area (Å²) < 4.78 is 5.03. The van der Waals surface area contributed by atoms with Gasteiger partial charge in [-0.05, 0) is 107 Å². The smallest absolute Gasteiger partial charge is 0.338 e. The molecule has 9 nitrogen and oxygen atoms in total. The molecule has 2 aromatic rings. The van der Waals surface area contributed by atoms with Gasteiger partial charge in [-0.1, -0.05) is 54.4 Å². The Morgan fingerprint density at radius 3 is 2.16 bits per heavy atom. The van der Waals surface area contributed by atoms with Gasteiger partial charge < -0.3 is 25.2 Å². The maximum atomic E-state index is 13.1. The van der Waals surface area contributed by atoms with E-state index >= 15 is 0 Å². The molecule has 11 heteroatoms. The Bertz CT molecular complexity index is 1490. The number of allylic oxidation sites excluding steroid dienone is 3. The first-order valence-electron chi connectivity index (χ1n) is 17.2. The number of unbranched alkanes of at least 4 members (excludes halogenated alkanes) is 2. The Labute approximate surface area is 300 Å². The van der Waals surface area contributed by atoms with Crippen LogP contribution in [0.25, 0.3) is 0 Å². The number of nitrogens with one attached hydrogen (secondary N) is 2. The lowest BCUT2D eigenvalue weighted by atomic mass is 10.1. The minimum Gasteiger partial charge on any atom is -0.462 e. The van der Waals surface area contributed by atoms with Crippen molar-refractivity contribution in [3.05, 3.63) is 99.2 Å². The summed E-state index contributed by atoms with van der Waals surface area (Å²) in [5, 5.41) is 6.79. The van der Waals surface area contributed by atoms with E-state index in [1.54, 1.807) is 37.0 Å². The summed E-state index contributed by atoms with van der Waals surface area (Å²) in [5.41, 5.74) is 4.72. The number of aryl methyl sites for hydroxylation is 1. The second kappa shape index (κ2) is 19.4. The van der Waals surface area contributed by atoms with E-state index < -0.39 is 0 Å². The average molecular weight is 711 g/mol. The predicted octanol–water partition coefficient (Wildman–Crippen LogP) is 7.46. The van der Waals surface area contributed by atoms with Gasteiger partial charge in [0.25, 0.3) is 0 Å². The number of hydrogen-bond donors (Lipinski definition) is 2. The van der Waals surface area contributed by atoms with Gasteiger partial charge in [-0.15, -0.1) is 0 Å². The summed E-state index contributed by atoms with van der Waals surface area (Å²) in [5.74, 6) is -0.398. The van der Waals surface area contributed by atoms with E-state index in [1.165, 1.54) is 18.4 Å². The lowest BCUT2D eigenvalue weighted by Crippen LogP contribution is -2.49. The predicted molar refractivity (Wildman–Crippen MR) is 198 cm³/mol. The Hall–Kier alpha value is -3.79. The molecule has 49 heavy (non-hydrogen) atoms. The average Bonchev–Trinajstić information content (AvgIpc) is 3.61. The maximum Gasteiger partial charge on any atom is 0.338 e. The summed E-state index contributed by atoms with van der Waals surface area (Å²) >= 11 is 13.1. The highest BCUT2D eigenvalue weighted by atomic mass is 35.5. The standard InChI is InChI=1S/C38H49Cl2N5O4/c1-4-32(17-12-28(3)36(46)41-18-8-6-7-11-29-13-15-31(16-14-29)37(47)49-5-2)44-21-23-45(24-22-44)38(48)42-35-33(39)25-30(26-34(35)40)27-43-19-9-10-20-43/h4,12-17,25-26H,1,5-11,18-24,27H2,2-3H3,(H,41,46)(H,42,48)/b28-12+,32-17+. The number of carbonyl (C=O) groups is 3. The molecule has 2 heterocycles. The van der Waals surface area contributed by atoms with Crippen LogP contribution in [0.3, 0.4) is 0 Å². The number of urea groups is 1. The third kappa shape index (κ3) is 11.7. The first kappa shape index (κ1) is 38.0. The molecule has 0 bridgehead atoms. The number of piperazine rings is 1. The quantitative estimate of drug-likeness (QED) is 0.0863. The molecule has 0 aliphatic carbocycles. The van der Waals surface area contributed by atoms with E-state index in [-0.39, 0.29) is 17.9 Å². The Kier molecular flexibility index (Phi) is 15.1. The normalized spacial score (nSPS) is 15.7. The molecule has 3 amide bonds. The van der Waals surface area contributed by atoms with E-state index in [4.69, 9.17) is 27.9 Å². The molecule has 2 fully saturated rings. The van der Waals surface area contributed by atoms with Crippen LogP contribution in [0, 0.1) is 0 Å². The molecule has 2 aliphatic heterocycles. The van der Waals surface area contributed by atoms with Crippen LogP contribution in [0.5, 0.6) is 0 Å². The number of ether oxygens (including phenoxy) is 1. The van der Waals surface area contributed by atoms with Crippen molar-refractivity contribution in [2.75, 3.05) is 57.7 Å². The van der Waals surface area contributed by atoms with Crippen LogP contribution in [0.4, 0.5) is 10.5 Å². The molecule has 0 atom stereocenters. The lowest BCUT2D eigenvalue weighted by molar-refractivity contribution is -0.117. The minimum absolute atomic E-state index is 0.0999. The molecule has 2 aromatic carbocycles. The highest BCUT2D eigenvalue weighted by Gasteiger charge is 2.23. The van der Waals surface area contributed by atoms with Crippen molar-refractivity contribution in [2.24, 2.45) is 0 Å². The van der Waals surface area contributed by atoms with Gasteiger partial charge >= 0.3 is 12.0 Å². The first-order valence-corrected chi connectivity index (χ1v) is 18.0. The van der Waals surface area contributed by atoms with E-state index in [1.807, 2.05) is 36.4 Å². The van der Waals surface area contributed by atoms with Gasteiger partial charge in [0.1, 0.15) is 0 Å². The highest BCUT2D eigenvalue weighted by molar-refractivity contribution is 6.39. The van der Waals surface area contributed by atoms with Crippen LogP contribution in [0.1, 0.15) is 67.4 Å². The molecule has 2 aliphatic rings. The van der Waals surface area contributed by atoms with Gasteiger partial charge in [0.05, 0.1) is 27.9 Å². The number of benzene rings is 2. The Morgan fingerprint density at radius 1 is 0.878 bits per heavy atom. The van der Waals surface area contributed by atoms with Crippen molar-refractivity contribution < 1.29 is 19.1 Å². The topological polar surface area (TPSA) is 94.2 Å². The minimum atomic E-state index is -0.298. The molecular formula is C38H49Cl2N5O4. The molecule has 0 radical (unpaired) electrons. The van der Waals surface area contributed by atoms with Crippen molar-refractivity contribution in [3.63, 3.8) is 0 Å². The van der Waals surface area contributed by atoms with Gasteiger partial charge in [0, 0.05) is 50.5 Å². The largest absolute Gasteiger partial charge is 0.462 e. The fourth-order valence-corrected chi connectivity index (χ4v) is 6.60.